The van der Waals surface area contributed by atoms with E-state index in [1.807, 2.05) is 25.2 Å². The summed E-state index contributed by atoms with van der Waals surface area (Å²) in [6, 6.07) is 22.2. The van der Waals surface area contributed by atoms with Crippen molar-refractivity contribution in [2.24, 2.45) is 0 Å². The summed E-state index contributed by atoms with van der Waals surface area (Å²) in [5.74, 6) is -0.374. The van der Waals surface area contributed by atoms with E-state index >= 15 is 0 Å². The molecule has 0 saturated carbocycles. The van der Waals surface area contributed by atoms with E-state index < -0.39 is 11.7 Å². The Bertz CT molecular complexity index is 1390. The fraction of sp³-hybridized carbons (Fsp3) is 0.459. The number of carbonyl (C=O) groups excluding carboxylic acids is 2. The summed E-state index contributed by atoms with van der Waals surface area (Å²) in [7, 11) is 1.88. The molecular weight excluding hydrogens is 591 g/mol. The molecule has 0 aliphatic carbocycles. The van der Waals surface area contributed by atoms with Crippen molar-refractivity contribution in [3.8, 4) is 11.1 Å². The number of alkyl halides is 3. The first-order valence-corrected chi connectivity index (χ1v) is 16.3. The third kappa shape index (κ3) is 9.66. The molecule has 1 fully saturated rings. The Morgan fingerprint density at radius 1 is 0.891 bits per heavy atom. The highest BCUT2D eigenvalue weighted by Gasteiger charge is 2.34. The SMILES string of the molecule is CCC(CCCN1CCC(NC(=O)c2ccccc2-c2ccc(C(F)(F)F)cc2)CC1)(CC(=O)OCCCNC)c1ccccc1. The zero-order valence-corrected chi connectivity index (χ0v) is 26.9. The number of esters is 1. The Labute approximate surface area is 270 Å². The van der Waals surface area contributed by atoms with Crippen molar-refractivity contribution in [3.05, 3.63) is 95.6 Å². The zero-order valence-electron chi connectivity index (χ0n) is 26.9. The molecule has 1 saturated heterocycles. The van der Waals surface area contributed by atoms with Crippen LogP contribution in [0.3, 0.4) is 0 Å². The van der Waals surface area contributed by atoms with Crippen LogP contribution in [0.25, 0.3) is 11.1 Å². The molecule has 4 rings (SSSR count). The molecule has 0 aromatic heterocycles. The topological polar surface area (TPSA) is 70.7 Å². The number of piperidine rings is 1. The summed E-state index contributed by atoms with van der Waals surface area (Å²) in [6.45, 7) is 5.98. The lowest BCUT2D eigenvalue weighted by atomic mass is 9.72. The number of likely N-dealkylation sites (tertiary alicyclic amines) is 1. The predicted molar refractivity (Wildman–Crippen MR) is 176 cm³/mol. The minimum Gasteiger partial charge on any atom is -0.466 e. The molecule has 0 radical (unpaired) electrons. The van der Waals surface area contributed by atoms with E-state index in [0.717, 1.165) is 76.8 Å². The smallest absolute Gasteiger partial charge is 0.416 e. The molecule has 2 N–H and O–H groups in total. The van der Waals surface area contributed by atoms with Crippen LogP contribution in [0.2, 0.25) is 0 Å². The van der Waals surface area contributed by atoms with E-state index in [1.54, 1.807) is 24.3 Å². The summed E-state index contributed by atoms with van der Waals surface area (Å²) in [6.07, 6.45) is 0.999. The van der Waals surface area contributed by atoms with Gasteiger partial charge in [-0.3, -0.25) is 9.59 Å². The first kappa shape index (κ1) is 35.2. The summed E-state index contributed by atoms with van der Waals surface area (Å²) < 4.78 is 44.7. The number of benzene rings is 3. The Kier molecular flexibility index (Phi) is 12.8. The van der Waals surface area contributed by atoms with Gasteiger partial charge in [0, 0.05) is 30.1 Å². The van der Waals surface area contributed by atoms with Crippen molar-refractivity contribution in [1.29, 1.82) is 0 Å². The van der Waals surface area contributed by atoms with Crippen LogP contribution >= 0.6 is 0 Å². The maximum Gasteiger partial charge on any atom is 0.416 e. The van der Waals surface area contributed by atoms with Crippen LogP contribution in [-0.2, 0) is 21.1 Å². The normalized spacial score (nSPS) is 15.7. The average molecular weight is 638 g/mol. The fourth-order valence-electron chi connectivity index (χ4n) is 6.37. The second-order valence-corrected chi connectivity index (χ2v) is 12.2. The Morgan fingerprint density at radius 2 is 1.57 bits per heavy atom. The van der Waals surface area contributed by atoms with Crippen LogP contribution in [0.5, 0.6) is 0 Å². The van der Waals surface area contributed by atoms with Gasteiger partial charge in [-0.05, 0) is 93.6 Å². The van der Waals surface area contributed by atoms with Crippen molar-refractivity contribution in [2.75, 3.05) is 39.8 Å². The van der Waals surface area contributed by atoms with Crippen LogP contribution in [0.4, 0.5) is 13.2 Å². The Hall–Kier alpha value is -3.69. The van der Waals surface area contributed by atoms with Gasteiger partial charge in [0.15, 0.2) is 0 Å². The number of carbonyl (C=O) groups is 2. The third-order valence-corrected chi connectivity index (χ3v) is 9.13. The Morgan fingerprint density at radius 3 is 2.22 bits per heavy atom. The molecule has 3 aromatic carbocycles. The molecule has 1 unspecified atom stereocenters. The molecule has 248 valence electrons. The zero-order chi connectivity index (χ0) is 33.0. The van der Waals surface area contributed by atoms with E-state index in [2.05, 4.69) is 34.6 Å². The number of rotatable bonds is 15. The predicted octanol–water partition coefficient (Wildman–Crippen LogP) is 7.24. The highest BCUT2D eigenvalue weighted by atomic mass is 19.4. The molecule has 3 aromatic rings. The summed E-state index contributed by atoms with van der Waals surface area (Å²) >= 11 is 0. The van der Waals surface area contributed by atoms with Gasteiger partial charge in [-0.25, -0.2) is 0 Å². The van der Waals surface area contributed by atoms with Gasteiger partial charge in [0.25, 0.3) is 5.91 Å². The maximum atomic E-state index is 13.3. The highest BCUT2D eigenvalue weighted by molar-refractivity contribution is 6.01. The molecule has 1 amide bonds. The van der Waals surface area contributed by atoms with Crippen molar-refractivity contribution >= 4 is 11.9 Å². The quantitative estimate of drug-likeness (QED) is 0.136. The van der Waals surface area contributed by atoms with Crippen molar-refractivity contribution in [1.82, 2.24) is 15.5 Å². The molecule has 46 heavy (non-hydrogen) atoms. The van der Waals surface area contributed by atoms with Gasteiger partial charge in [-0.1, -0.05) is 67.6 Å². The monoisotopic (exact) mass is 637 g/mol. The second-order valence-electron chi connectivity index (χ2n) is 12.2. The molecule has 1 heterocycles. The van der Waals surface area contributed by atoms with Gasteiger partial charge < -0.3 is 20.3 Å². The van der Waals surface area contributed by atoms with Gasteiger partial charge in [-0.15, -0.1) is 0 Å². The van der Waals surface area contributed by atoms with Gasteiger partial charge >= 0.3 is 12.1 Å². The Balaban J connectivity index is 1.30. The first-order chi connectivity index (χ1) is 22.1. The second kappa shape index (κ2) is 16.7. The lowest BCUT2D eigenvalue weighted by molar-refractivity contribution is -0.145. The third-order valence-electron chi connectivity index (χ3n) is 9.13. The fourth-order valence-corrected chi connectivity index (χ4v) is 6.37. The summed E-state index contributed by atoms with van der Waals surface area (Å²) in [4.78, 5) is 28.6. The largest absolute Gasteiger partial charge is 0.466 e. The van der Waals surface area contributed by atoms with Gasteiger partial charge in [-0.2, -0.15) is 13.2 Å². The van der Waals surface area contributed by atoms with Crippen molar-refractivity contribution in [2.45, 2.75) is 69.5 Å². The molecule has 1 aliphatic rings. The molecule has 0 spiro atoms. The van der Waals surface area contributed by atoms with Crippen molar-refractivity contribution in [3.63, 3.8) is 0 Å². The molecule has 1 aliphatic heterocycles. The lowest BCUT2D eigenvalue weighted by Gasteiger charge is -2.35. The number of nitrogens with zero attached hydrogens (tertiary/aromatic N) is 1. The van der Waals surface area contributed by atoms with Crippen molar-refractivity contribution < 1.29 is 27.5 Å². The molecule has 9 heteroatoms. The lowest BCUT2D eigenvalue weighted by Crippen LogP contribution is -2.45. The number of hydrogen-bond acceptors (Lipinski definition) is 5. The summed E-state index contributed by atoms with van der Waals surface area (Å²) in [5.41, 5.74) is 1.78. The van der Waals surface area contributed by atoms with E-state index in [9.17, 15) is 22.8 Å². The average Bonchev–Trinajstić information content (AvgIpc) is 3.07. The van der Waals surface area contributed by atoms with Crippen LogP contribution in [0, 0.1) is 0 Å². The van der Waals surface area contributed by atoms with Crippen LogP contribution < -0.4 is 10.6 Å². The number of amides is 1. The van der Waals surface area contributed by atoms with Crippen LogP contribution in [0.1, 0.15) is 73.4 Å². The molecule has 1 atom stereocenters. The van der Waals surface area contributed by atoms with E-state index in [4.69, 9.17) is 4.74 Å². The van der Waals surface area contributed by atoms with Gasteiger partial charge in [0.05, 0.1) is 18.6 Å². The van der Waals surface area contributed by atoms with Gasteiger partial charge in [0.2, 0.25) is 0 Å². The minimum absolute atomic E-state index is 0.0149. The standard InChI is InChI=1S/C37H46F3N3O3/c1-3-36(29-11-5-4-6-12-29,27-34(44)46-26-10-22-41-2)21-9-23-43-24-19-31(20-25-43)42-35(45)33-14-8-7-13-32(33)28-15-17-30(18-16-28)37(38,39)40/h4-8,11-18,31,41H,3,9-10,19-27H2,1-2H3,(H,42,45). The highest BCUT2D eigenvalue weighted by Crippen LogP contribution is 2.37. The van der Waals surface area contributed by atoms with E-state index in [0.29, 0.717) is 29.7 Å². The number of halogens is 3. The summed E-state index contributed by atoms with van der Waals surface area (Å²) in [5, 5.41) is 6.23. The number of nitrogens with one attached hydrogen (secondary N) is 2. The molecular formula is C37H46F3N3O3. The van der Waals surface area contributed by atoms with Crippen LogP contribution in [-0.4, -0.2) is 62.7 Å². The van der Waals surface area contributed by atoms with Gasteiger partial charge in [0.1, 0.15) is 0 Å². The van der Waals surface area contributed by atoms with Crippen LogP contribution in [0.15, 0.2) is 78.9 Å². The number of ether oxygens (including phenoxy) is 1. The van der Waals surface area contributed by atoms with E-state index in [-0.39, 0.29) is 23.3 Å². The maximum absolute atomic E-state index is 13.3. The molecule has 0 bridgehead atoms. The molecule has 6 nitrogen and oxygen atoms in total. The first-order valence-electron chi connectivity index (χ1n) is 16.3. The van der Waals surface area contributed by atoms with E-state index in [1.165, 1.54) is 17.7 Å². The number of hydrogen-bond donors (Lipinski definition) is 2. The minimum atomic E-state index is -4.41.